The van der Waals surface area contributed by atoms with Gasteiger partial charge >= 0.3 is 0 Å². The monoisotopic (exact) mass is 366 g/mol. The molecule has 2 saturated heterocycles. The summed E-state index contributed by atoms with van der Waals surface area (Å²) < 4.78 is 33.1. The van der Waals surface area contributed by atoms with Crippen LogP contribution in [0.5, 0.6) is 0 Å². The van der Waals surface area contributed by atoms with Crippen molar-refractivity contribution >= 4 is 11.8 Å². The van der Waals surface area contributed by atoms with E-state index in [1.807, 2.05) is 4.90 Å². The van der Waals surface area contributed by atoms with Gasteiger partial charge in [-0.05, 0) is 37.8 Å². The van der Waals surface area contributed by atoms with Crippen molar-refractivity contribution < 1.29 is 23.1 Å². The highest BCUT2D eigenvalue weighted by atomic mass is 19.1. The maximum atomic E-state index is 13.9. The van der Waals surface area contributed by atoms with Crippen LogP contribution in [0.1, 0.15) is 43.0 Å². The molecule has 0 bridgehead atoms. The van der Waals surface area contributed by atoms with E-state index < -0.39 is 23.1 Å². The molecule has 1 aromatic rings. The lowest BCUT2D eigenvalue weighted by molar-refractivity contribution is -0.137. The maximum Gasteiger partial charge on any atom is 0.259 e. The summed E-state index contributed by atoms with van der Waals surface area (Å²) in [5.41, 5.74) is -0.501. The topological polar surface area (TPSA) is 49.9 Å². The number of nitrogens with zero attached hydrogens (tertiary/aromatic N) is 2. The third-order valence-electron chi connectivity index (χ3n) is 5.27. The summed E-state index contributed by atoms with van der Waals surface area (Å²) in [4.78, 5) is 28.1. The number of ether oxygens (including phenoxy) is 1. The van der Waals surface area contributed by atoms with E-state index in [1.54, 1.807) is 6.92 Å². The van der Waals surface area contributed by atoms with Crippen molar-refractivity contribution in [3.05, 3.63) is 35.4 Å². The standard InChI is InChI=1S/C19H24F2N2O3/c1-13(24)23(15-7-11-26-12-8-15)14-5-9-22(10-6-14)19(25)18-16(20)3-2-4-17(18)21/h2-4,14-15H,5-12H2,1H3. The average Bonchev–Trinajstić information content (AvgIpc) is 2.63. The highest BCUT2D eigenvalue weighted by molar-refractivity contribution is 5.94. The quantitative estimate of drug-likeness (QED) is 0.826. The first kappa shape index (κ1) is 18.8. The largest absolute Gasteiger partial charge is 0.381 e. The van der Waals surface area contributed by atoms with Gasteiger partial charge in [0.05, 0.1) is 0 Å². The summed E-state index contributed by atoms with van der Waals surface area (Å²) >= 11 is 0. The third kappa shape index (κ3) is 3.87. The Morgan fingerprint density at radius 3 is 2.12 bits per heavy atom. The fourth-order valence-electron chi connectivity index (χ4n) is 3.98. The second-order valence-electron chi connectivity index (χ2n) is 6.89. The van der Waals surface area contributed by atoms with Crippen LogP contribution in [0.2, 0.25) is 0 Å². The summed E-state index contributed by atoms with van der Waals surface area (Å²) in [6, 6.07) is 3.63. The number of amides is 2. The minimum absolute atomic E-state index is 0.0295. The van der Waals surface area contributed by atoms with Gasteiger partial charge < -0.3 is 14.5 Å². The molecular formula is C19H24F2N2O3. The molecule has 7 heteroatoms. The van der Waals surface area contributed by atoms with E-state index in [9.17, 15) is 18.4 Å². The van der Waals surface area contributed by atoms with Crippen LogP contribution >= 0.6 is 0 Å². The van der Waals surface area contributed by atoms with Crippen LogP contribution in [0.4, 0.5) is 8.78 Å². The van der Waals surface area contributed by atoms with Crippen LogP contribution in [0.3, 0.4) is 0 Å². The molecule has 26 heavy (non-hydrogen) atoms. The average molecular weight is 366 g/mol. The highest BCUT2D eigenvalue weighted by Gasteiger charge is 2.34. The number of halogens is 2. The van der Waals surface area contributed by atoms with Crippen LogP contribution in [-0.4, -0.2) is 60.0 Å². The third-order valence-corrected chi connectivity index (χ3v) is 5.27. The van der Waals surface area contributed by atoms with E-state index in [-0.39, 0.29) is 18.0 Å². The number of carbonyl (C=O) groups excluding carboxylic acids is 2. The van der Waals surface area contributed by atoms with Crippen LogP contribution in [-0.2, 0) is 9.53 Å². The Bertz CT molecular complexity index is 648. The summed E-state index contributed by atoms with van der Waals surface area (Å²) in [6.07, 6.45) is 2.86. The molecular weight excluding hydrogens is 342 g/mol. The molecule has 0 atom stereocenters. The van der Waals surface area contributed by atoms with Gasteiger partial charge in [0.15, 0.2) is 0 Å². The van der Waals surface area contributed by atoms with E-state index in [4.69, 9.17) is 4.74 Å². The summed E-state index contributed by atoms with van der Waals surface area (Å²) in [7, 11) is 0. The zero-order valence-electron chi connectivity index (χ0n) is 14.9. The van der Waals surface area contributed by atoms with Gasteiger partial charge in [-0.1, -0.05) is 6.07 Å². The Labute approximate surface area is 151 Å². The summed E-state index contributed by atoms with van der Waals surface area (Å²) in [6.45, 7) is 3.63. The lowest BCUT2D eigenvalue weighted by Crippen LogP contribution is -2.53. The molecule has 0 spiro atoms. The van der Waals surface area contributed by atoms with Crippen molar-refractivity contribution in [2.45, 2.75) is 44.7 Å². The second kappa shape index (κ2) is 8.12. The molecule has 0 N–H and O–H groups in total. The van der Waals surface area contributed by atoms with Gasteiger partial charge in [-0.25, -0.2) is 8.78 Å². The van der Waals surface area contributed by atoms with Crippen molar-refractivity contribution in [2.24, 2.45) is 0 Å². The van der Waals surface area contributed by atoms with Crippen molar-refractivity contribution in [2.75, 3.05) is 26.3 Å². The van der Waals surface area contributed by atoms with Crippen LogP contribution < -0.4 is 0 Å². The molecule has 142 valence electrons. The zero-order valence-corrected chi connectivity index (χ0v) is 14.9. The van der Waals surface area contributed by atoms with E-state index in [1.165, 1.54) is 11.0 Å². The minimum atomic E-state index is -0.843. The number of carbonyl (C=O) groups is 2. The molecule has 5 nitrogen and oxygen atoms in total. The van der Waals surface area contributed by atoms with Crippen molar-refractivity contribution in [3.63, 3.8) is 0 Å². The number of rotatable bonds is 3. The zero-order chi connectivity index (χ0) is 18.7. The Kier molecular flexibility index (Phi) is 5.86. The molecule has 2 fully saturated rings. The van der Waals surface area contributed by atoms with Crippen molar-refractivity contribution in [3.8, 4) is 0 Å². The number of benzene rings is 1. The van der Waals surface area contributed by atoms with Crippen molar-refractivity contribution in [1.29, 1.82) is 0 Å². The smallest absolute Gasteiger partial charge is 0.259 e. The highest BCUT2D eigenvalue weighted by Crippen LogP contribution is 2.25. The van der Waals surface area contributed by atoms with Gasteiger partial charge in [0.25, 0.3) is 5.91 Å². The van der Waals surface area contributed by atoms with Crippen LogP contribution in [0.15, 0.2) is 18.2 Å². The second-order valence-corrected chi connectivity index (χ2v) is 6.89. The van der Waals surface area contributed by atoms with Crippen LogP contribution in [0, 0.1) is 11.6 Å². The molecule has 0 aromatic heterocycles. The fraction of sp³-hybridized carbons (Fsp3) is 0.579. The van der Waals surface area contributed by atoms with E-state index in [2.05, 4.69) is 0 Å². The molecule has 0 radical (unpaired) electrons. The number of hydrogen-bond acceptors (Lipinski definition) is 3. The van der Waals surface area contributed by atoms with Gasteiger partial charge in [0.1, 0.15) is 17.2 Å². The first-order chi connectivity index (χ1) is 12.5. The summed E-state index contributed by atoms with van der Waals surface area (Å²) in [5, 5.41) is 0. The predicted octanol–water partition coefficient (Wildman–Crippen LogP) is 2.60. The number of piperidine rings is 1. The molecule has 2 heterocycles. The molecule has 0 saturated carbocycles. The molecule has 2 aliphatic heterocycles. The van der Waals surface area contributed by atoms with E-state index >= 15 is 0 Å². The Morgan fingerprint density at radius 1 is 1.04 bits per heavy atom. The Morgan fingerprint density at radius 2 is 1.58 bits per heavy atom. The van der Waals surface area contributed by atoms with Crippen molar-refractivity contribution in [1.82, 2.24) is 9.80 Å². The lowest BCUT2D eigenvalue weighted by Gasteiger charge is -2.43. The van der Waals surface area contributed by atoms with Gasteiger partial charge in [-0.2, -0.15) is 0 Å². The molecule has 2 aliphatic rings. The van der Waals surface area contributed by atoms with Gasteiger partial charge in [0.2, 0.25) is 5.91 Å². The molecule has 0 unspecified atom stereocenters. The van der Waals surface area contributed by atoms with Crippen LogP contribution in [0.25, 0.3) is 0 Å². The Balaban J connectivity index is 1.66. The number of likely N-dealkylation sites (tertiary alicyclic amines) is 1. The molecule has 2 amide bonds. The first-order valence-electron chi connectivity index (χ1n) is 9.09. The first-order valence-corrected chi connectivity index (χ1v) is 9.09. The normalized spacial score (nSPS) is 19.4. The lowest BCUT2D eigenvalue weighted by atomic mass is 9.97. The Hall–Kier alpha value is -2.02. The van der Waals surface area contributed by atoms with Gasteiger partial charge in [0, 0.05) is 45.3 Å². The van der Waals surface area contributed by atoms with E-state index in [0.29, 0.717) is 39.1 Å². The minimum Gasteiger partial charge on any atom is -0.381 e. The number of hydrogen-bond donors (Lipinski definition) is 0. The van der Waals surface area contributed by atoms with E-state index in [0.717, 1.165) is 25.0 Å². The van der Waals surface area contributed by atoms with Gasteiger partial charge in [-0.15, -0.1) is 0 Å². The fourth-order valence-corrected chi connectivity index (χ4v) is 3.98. The SMILES string of the molecule is CC(=O)N(C1CCOCC1)C1CCN(C(=O)c2c(F)cccc2F)CC1. The molecule has 3 rings (SSSR count). The van der Waals surface area contributed by atoms with Gasteiger partial charge in [-0.3, -0.25) is 9.59 Å². The molecule has 0 aliphatic carbocycles. The predicted molar refractivity (Wildman–Crippen MR) is 91.6 cm³/mol. The summed E-state index contributed by atoms with van der Waals surface area (Å²) in [5.74, 6) is -2.28. The maximum absolute atomic E-state index is 13.9. The molecule has 1 aromatic carbocycles.